The summed E-state index contributed by atoms with van der Waals surface area (Å²) in [7, 11) is 0. The third-order valence-corrected chi connectivity index (χ3v) is 4.94. The minimum Gasteiger partial charge on any atom is -0.481 e. The van der Waals surface area contributed by atoms with E-state index in [-0.39, 0.29) is 12.3 Å². The molecule has 0 fully saturated rings. The summed E-state index contributed by atoms with van der Waals surface area (Å²) in [4.78, 5) is 14.8. The quantitative estimate of drug-likeness (QED) is 0.410. The fourth-order valence-corrected chi connectivity index (χ4v) is 3.52. The van der Waals surface area contributed by atoms with Gasteiger partial charge in [-0.2, -0.15) is 0 Å². The maximum Gasteiger partial charge on any atom is 0.304 e. The Labute approximate surface area is 167 Å². The van der Waals surface area contributed by atoms with Gasteiger partial charge in [0.1, 0.15) is 11.5 Å². The van der Waals surface area contributed by atoms with Gasteiger partial charge in [-0.05, 0) is 53.6 Å². The van der Waals surface area contributed by atoms with Crippen molar-refractivity contribution >= 4 is 28.5 Å². The zero-order valence-electron chi connectivity index (χ0n) is 14.9. The predicted molar refractivity (Wildman–Crippen MR) is 110 cm³/mol. The van der Waals surface area contributed by atoms with Crippen LogP contribution in [-0.2, 0) is 4.79 Å². The van der Waals surface area contributed by atoms with Crippen molar-refractivity contribution in [2.75, 3.05) is 0 Å². The molecule has 0 saturated carbocycles. The average Bonchev–Trinajstić information content (AvgIpc) is 3.12. The summed E-state index contributed by atoms with van der Waals surface area (Å²) in [5.41, 5.74) is 2.83. The zero-order chi connectivity index (χ0) is 19.5. The van der Waals surface area contributed by atoms with Crippen molar-refractivity contribution in [2.24, 2.45) is 0 Å². The van der Waals surface area contributed by atoms with Gasteiger partial charge in [0.05, 0.1) is 6.42 Å². The summed E-state index contributed by atoms with van der Waals surface area (Å²) in [6, 6.07) is 22.6. The second-order valence-electron chi connectivity index (χ2n) is 6.57. The number of aromatic nitrogens is 1. The lowest BCUT2D eigenvalue weighted by atomic mass is 9.88. The number of halogens is 1. The smallest absolute Gasteiger partial charge is 0.304 e. The van der Waals surface area contributed by atoms with E-state index in [2.05, 4.69) is 4.98 Å². The molecule has 4 nitrogen and oxygen atoms in total. The third-order valence-electron chi connectivity index (χ3n) is 4.69. The SMILES string of the molecule is O=C(O)C[C@@H](c1cccc(Oc2ccc(Cl)cc2)c1)c1c[nH]c2ccccc12. The van der Waals surface area contributed by atoms with Gasteiger partial charge in [0.2, 0.25) is 0 Å². The van der Waals surface area contributed by atoms with E-state index in [4.69, 9.17) is 16.3 Å². The summed E-state index contributed by atoms with van der Waals surface area (Å²) >= 11 is 5.92. The van der Waals surface area contributed by atoms with Crippen LogP contribution in [-0.4, -0.2) is 16.1 Å². The molecule has 0 unspecified atom stereocenters. The van der Waals surface area contributed by atoms with Crippen molar-refractivity contribution in [3.63, 3.8) is 0 Å². The Morgan fingerprint density at radius 2 is 1.79 bits per heavy atom. The van der Waals surface area contributed by atoms with Crippen LogP contribution in [0.15, 0.2) is 79.0 Å². The summed E-state index contributed by atoms with van der Waals surface area (Å²) in [6.45, 7) is 0. The van der Waals surface area contributed by atoms with Crippen LogP contribution in [0.4, 0.5) is 0 Å². The molecule has 0 aliphatic heterocycles. The van der Waals surface area contributed by atoms with E-state index in [1.807, 2.05) is 54.7 Å². The number of aromatic amines is 1. The van der Waals surface area contributed by atoms with Crippen LogP contribution in [0, 0.1) is 0 Å². The molecule has 1 aromatic heterocycles. The van der Waals surface area contributed by atoms with Crippen LogP contribution in [0.25, 0.3) is 10.9 Å². The summed E-state index contributed by atoms with van der Waals surface area (Å²) in [5.74, 6) is 0.181. The Morgan fingerprint density at radius 1 is 1.00 bits per heavy atom. The van der Waals surface area contributed by atoms with E-state index in [1.54, 1.807) is 24.3 Å². The molecular weight excluding hydrogens is 374 g/mol. The molecule has 4 rings (SSSR count). The molecule has 0 spiro atoms. The van der Waals surface area contributed by atoms with Crippen LogP contribution in [0.2, 0.25) is 5.02 Å². The molecular formula is C23H18ClNO3. The molecule has 2 N–H and O–H groups in total. The van der Waals surface area contributed by atoms with Crippen LogP contribution >= 0.6 is 11.6 Å². The maximum absolute atomic E-state index is 11.6. The van der Waals surface area contributed by atoms with E-state index >= 15 is 0 Å². The number of H-pyrrole nitrogens is 1. The van der Waals surface area contributed by atoms with E-state index in [0.29, 0.717) is 16.5 Å². The molecule has 4 aromatic rings. The fourth-order valence-electron chi connectivity index (χ4n) is 3.40. The molecule has 0 amide bonds. The number of rotatable bonds is 6. The highest BCUT2D eigenvalue weighted by Gasteiger charge is 2.21. The minimum atomic E-state index is -0.848. The molecule has 0 saturated heterocycles. The van der Waals surface area contributed by atoms with E-state index < -0.39 is 5.97 Å². The second-order valence-corrected chi connectivity index (χ2v) is 7.00. The molecule has 1 atom stereocenters. The highest BCUT2D eigenvalue weighted by Crippen LogP contribution is 2.35. The van der Waals surface area contributed by atoms with Crippen LogP contribution in [0.5, 0.6) is 11.5 Å². The minimum absolute atomic E-state index is 0.00769. The zero-order valence-corrected chi connectivity index (χ0v) is 15.7. The Kier molecular flexibility index (Phi) is 5.04. The molecule has 28 heavy (non-hydrogen) atoms. The molecule has 0 aliphatic carbocycles. The molecule has 0 radical (unpaired) electrons. The van der Waals surface area contributed by atoms with E-state index in [0.717, 1.165) is 22.0 Å². The number of hydrogen-bond donors (Lipinski definition) is 2. The lowest BCUT2D eigenvalue weighted by Gasteiger charge is -2.16. The van der Waals surface area contributed by atoms with Crippen LogP contribution in [0.1, 0.15) is 23.5 Å². The van der Waals surface area contributed by atoms with Crippen molar-refractivity contribution in [1.82, 2.24) is 4.98 Å². The monoisotopic (exact) mass is 391 g/mol. The van der Waals surface area contributed by atoms with Gasteiger partial charge < -0.3 is 14.8 Å². The molecule has 140 valence electrons. The first-order chi connectivity index (χ1) is 13.6. The normalized spacial score (nSPS) is 12.0. The maximum atomic E-state index is 11.6. The molecule has 0 bridgehead atoms. The predicted octanol–water partition coefficient (Wildman–Crippen LogP) is 6.22. The fraction of sp³-hybridized carbons (Fsp3) is 0.0870. The number of carbonyl (C=O) groups is 1. The molecule has 3 aromatic carbocycles. The Hall–Kier alpha value is -3.24. The lowest BCUT2D eigenvalue weighted by Crippen LogP contribution is -2.07. The summed E-state index contributed by atoms with van der Waals surface area (Å²) in [6.07, 6.45) is 1.89. The van der Waals surface area contributed by atoms with Gasteiger partial charge in [-0.25, -0.2) is 0 Å². The summed E-state index contributed by atoms with van der Waals surface area (Å²) < 4.78 is 5.92. The molecule has 0 aliphatic rings. The summed E-state index contributed by atoms with van der Waals surface area (Å²) in [5, 5.41) is 11.2. The van der Waals surface area contributed by atoms with Gasteiger partial charge in [0.15, 0.2) is 0 Å². The molecule has 5 heteroatoms. The van der Waals surface area contributed by atoms with Gasteiger partial charge in [-0.15, -0.1) is 0 Å². The number of carboxylic acids is 1. The first kappa shape index (κ1) is 18.1. The number of ether oxygens (including phenoxy) is 1. The number of carboxylic acid groups (broad SMARTS) is 1. The number of fused-ring (bicyclic) bond motifs is 1. The van der Waals surface area contributed by atoms with Crippen LogP contribution < -0.4 is 4.74 Å². The number of aliphatic carboxylic acids is 1. The van der Waals surface area contributed by atoms with Crippen molar-refractivity contribution < 1.29 is 14.6 Å². The topological polar surface area (TPSA) is 62.3 Å². The average molecular weight is 392 g/mol. The largest absolute Gasteiger partial charge is 0.481 e. The van der Waals surface area contributed by atoms with Crippen LogP contribution in [0.3, 0.4) is 0 Å². The lowest BCUT2D eigenvalue weighted by molar-refractivity contribution is -0.137. The van der Waals surface area contributed by atoms with Crippen molar-refractivity contribution in [3.05, 3.63) is 95.1 Å². The van der Waals surface area contributed by atoms with Crippen molar-refractivity contribution in [2.45, 2.75) is 12.3 Å². The van der Waals surface area contributed by atoms with Crippen molar-refractivity contribution in [1.29, 1.82) is 0 Å². The van der Waals surface area contributed by atoms with Gasteiger partial charge in [-0.1, -0.05) is 41.9 Å². The Bertz CT molecular complexity index is 1120. The highest BCUT2D eigenvalue weighted by atomic mass is 35.5. The number of para-hydroxylation sites is 1. The van der Waals surface area contributed by atoms with Gasteiger partial charge >= 0.3 is 5.97 Å². The second kappa shape index (κ2) is 7.79. The van der Waals surface area contributed by atoms with E-state index in [9.17, 15) is 9.90 Å². The highest BCUT2D eigenvalue weighted by molar-refractivity contribution is 6.30. The first-order valence-corrected chi connectivity index (χ1v) is 9.29. The van der Waals surface area contributed by atoms with Gasteiger partial charge in [0.25, 0.3) is 0 Å². The number of hydrogen-bond acceptors (Lipinski definition) is 2. The first-order valence-electron chi connectivity index (χ1n) is 8.91. The van der Waals surface area contributed by atoms with Gasteiger partial charge in [0, 0.05) is 28.0 Å². The Morgan fingerprint density at radius 3 is 2.57 bits per heavy atom. The number of nitrogens with one attached hydrogen (secondary N) is 1. The Balaban J connectivity index is 1.71. The van der Waals surface area contributed by atoms with Crippen molar-refractivity contribution in [3.8, 4) is 11.5 Å². The van der Waals surface area contributed by atoms with E-state index in [1.165, 1.54) is 0 Å². The van der Waals surface area contributed by atoms with Gasteiger partial charge in [-0.3, -0.25) is 4.79 Å². The number of benzene rings is 3. The standard InChI is InChI=1S/C23H18ClNO3/c24-16-8-10-17(11-9-16)28-18-5-3-4-15(12-18)20(13-23(26)27)21-14-25-22-7-2-1-6-19(21)22/h1-12,14,20,25H,13H2,(H,26,27)/t20-/m0/s1. The molecule has 1 heterocycles. The third kappa shape index (κ3) is 3.87.